The van der Waals surface area contributed by atoms with Crippen LogP contribution in [0.5, 0.6) is 0 Å². The summed E-state index contributed by atoms with van der Waals surface area (Å²) >= 11 is 12.3. The highest BCUT2D eigenvalue weighted by molar-refractivity contribution is 6.35. The fraction of sp³-hybridized carbons (Fsp3) is 0.0714. The fourth-order valence-corrected chi connectivity index (χ4v) is 2.50. The van der Waals surface area contributed by atoms with Crippen LogP contribution < -0.4 is 0 Å². The number of fused-ring (bicyclic) bond motifs is 1. The van der Waals surface area contributed by atoms with E-state index in [4.69, 9.17) is 23.2 Å². The second-order valence-corrected chi connectivity index (χ2v) is 4.88. The van der Waals surface area contributed by atoms with Crippen molar-refractivity contribution >= 4 is 34.1 Å². The first-order valence-electron chi connectivity index (χ1n) is 5.59. The van der Waals surface area contributed by atoms with Crippen molar-refractivity contribution in [3.8, 4) is 0 Å². The van der Waals surface area contributed by atoms with Gasteiger partial charge < -0.3 is 0 Å². The van der Waals surface area contributed by atoms with E-state index in [1.807, 2.05) is 53.3 Å². The van der Waals surface area contributed by atoms with E-state index < -0.39 is 0 Å². The van der Waals surface area contributed by atoms with E-state index in [1.165, 1.54) is 0 Å². The van der Waals surface area contributed by atoms with E-state index >= 15 is 0 Å². The topological polar surface area (TPSA) is 17.8 Å². The van der Waals surface area contributed by atoms with Crippen molar-refractivity contribution in [2.45, 2.75) is 6.54 Å². The van der Waals surface area contributed by atoms with Crippen LogP contribution in [0.15, 0.2) is 48.7 Å². The van der Waals surface area contributed by atoms with Crippen LogP contribution in [-0.2, 0) is 6.54 Å². The summed E-state index contributed by atoms with van der Waals surface area (Å²) in [4.78, 5) is 0. The summed E-state index contributed by atoms with van der Waals surface area (Å²) in [6.45, 7) is 0.575. The Morgan fingerprint density at radius 1 is 0.944 bits per heavy atom. The van der Waals surface area contributed by atoms with Crippen LogP contribution in [0.4, 0.5) is 0 Å². The van der Waals surface area contributed by atoms with Crippen molar-refractivity contribution < 1.29 is 0 Å². The van der Waals surface area contributed by atoms with Crippen molar-refractivity contribution in [2.24, 2.45) is 0 Å². The summed E-state index contributed by atoms with van der Waals surface area (Å²) in [6.07, 6.45) is 1.85. The maximum absolute atomic E-state index is 6.17. The van der Waals surface area contributed by atoms with Crippen LogP contribution in [0.3, 0.4) is 0 Å². The van der Waals surface area contributed by atoms with Gasteiger partial charge in [0, 0.05) is 21.0 Å². The van der Waals surface area contributed by atoms with Crippen molar-refractivity contribution in [3.05, 3.63) is 64.3 Å². The molecular weight excluding hydrogens is 267 g/mol. The molecule has 0 aliphatic heterocycles. The van der Waals surface area contributed by atoms with E-state index in [0.29, 0.717) is 16.6 Å². The van der Waals surface area contributed by atoms with Gasteiger partial charge in [-0.05, 0) is 18.2 Å². The van der Waals surface area contributed by atoms with Crippen molar-refractivity contribution in [2.75, 3.05) is 0 Å². The molecule has 1 aromatic heterocycles. The van der Waals surface area contributed by atoms with Crippen LogP contribution in [0.1, 0.15) is 5.56 Å². The van der Waals surface area contributed by atoms with Gasteiger partial charge in [0.05, 0.1) is 18.3 Å². The Morgan fingerprint density at radius 3 is 2.44 bits per heavy atom. The second-order valence-electron chi connectivity index (χ2n) is 4.06. The van der Waals surface area contributed by atoms with Gasteiger partial charge in [-0.1, -0.05) is 47.5 Å². The molecule has 2 nitrogen and oxygen atoms in total. The molecule has 0 fully saturated rings. The lowest BCUT2D eigenvalue weighted by Crippen LogP contribution is -2.02. The Morgan fingerprint density at radius 2 is 1.67 bits per heavy atom. The minimum absolute atomic E-state index is 0.575. The number of para-hydroxylation sites is 1. The van der Waals surface area contributed by atoms with Crippen LogP contribution in [-0.4, -0.2) is 9.78 Å². The minimum atomic E-state index is 0.575. The molecule has 0 radical (unpaired) electrons. The minimum Gasteiger partial charge on any atom is -0.260 e. The molecule has 0 amide bonds. The summed E-state index contributed by atoms with van der Waals surface area (Å²) in [6, 6.07) is 13.6. The SMILES string of the molecule is Clc1cccc(Cl)c1Cn1ncc2ccccc21. The Labute approximate surface area is 115 Å². The third kappa shape index (κ3) is 1.98. The smallest absolute Gasteiger partial charge is 0.0695 e. The third-order valence-electron chi connectivity index (χ3n) is 2.92. The number of halogens is 2. The number of rotatable bonds is 2. The quantitative estimate of drug-likeness (QED) is 0.679. The van der Waals surface area contributed by atoms with E-state index in [1.54, 1.807) is 0 Å². The molecule has 0 aliphatic rings. The maximum atomic E-state index is 6.17. The molecule has 0 saturated heterocycles. The van der Waals surface area contributed by atoms with Gasteiger partial charge in [-0.15, -0.1) is 0 Å². The zero-order chi connectivity index (χ0) is 12.5. The molecule has 0 spiro atoms. The molecule has 18 heavy (non-hydrogen) atoms. The molecule has 0 atom stereocenters. The molecular formula is C14H10Cl2N2. The highest BCUT2D eigenvalue weighted by atomic mass is 35.5. The van der Waals surface area contributed by atoms with Crippen LogP contribution in [0, 0.1) is 0 Å². The molecule has 0 saturated carbocycles. The van der Waals surface area contributed by atoms with Gasteiger partial charge in [-0.2, -0.15) is 5.10 Å². The van der Waals surface area contributed by atoms with Crippen LogP contribution in [0.2, 0.25) is 10.0 Å². The molecule has 0 N–H and O–H groups in total. The first-order chi connectivity index (χ1) is 8.75. The molecule has 3 rings (SSSR count). The monoisotopic (exact) mass is 276 g/mol. The lowest BCUT2D eigenvalue weighted by atomic mass is 10.2. The van der Waals surface area contributed by atoms with Crippen LogP contribution >= 0.6 is 23.2 Å². The highest BCUT2D eigenvalue weighted by Gasteiger charge is 2.08. The van der Waals surface area contributed by atoms with Gasteiger partial charge in [0.25, 0.3) is 0 Å². The van der Waals surface area contributed by atoms with Gasteiger partial charge in [0.15, 0.2) is 0 Å². The van der Waals surface area contributed by atoms with Gasteiger partial charge in [-0.3, -0.25) is 4.68 Å². The Balaban J connectivity index is 2.07. The molecule has 0 bridgehead atoms. The summed E-state index contributed by atoms with van der Waals surface area (Å²) in [5, 5.41) is 6.82. The first-order valence-corrected chi connectivity index (χ1v) is 6.35. The maximum Gasteiger partial charge on any atom is 0.0695 e. The van der Waals surface area contributed by atoms with Gasteiger partial charge in [0.2, 0.25) is 0 Å². The van der Waals surface area contributed by atoms with Crippen molar-refractivity contribution in [3.63, 3.8) is 0 Å². The standard InChI is InChI=1S/C14H10Cl2N2/c15-12-5-3-6-13(16)11(12)9-18-14-7-2-1-4-10(14)8-17-18/h1-8H,9H2. The first kappa shape index (κ1) is 11.6. The summed E-state index contributed by atoms with van der Waals surface area (Å²) < 4.78 is 1.91. The zero-order valence-corrected chi connectivity index (χ0v) is 11.0. The molecule has 4 heteroatoms. The second kappa shape index (κ2) is 4.63. The number of aromatic nitrogens is 2. The predicted octanol–water partition coefficient (Wildman–Crippen LogP) is 4.39. The van der Waals surface area contributed by atoms with Crippen LogP contribution in [0.25, 0.3) is 10.9 Å². The number of hydrogen-bond acceptors (Lipinski definition) is 1. The molecule has 1 heterocycles. The fourth-order valence-electron chi connectivity index (χ4n) is 1.99. The zero-order valence-electron chi connectivity index (χ0n) is 9.48. The van der Waals surface area contributed by atoms with Gasteiger partial charge in [0.1, 0.15) is 0 Å². The predicted molar refractivity (Wildman–Crippen MR) is 75.3 cm³/mol. The normalized spacial score (nSPS) is 11.0. The summed E-state index contributed by atoms with van der Waals surface area (Å²) in [7, 11) is 0. The lowest BCUT2D eigenvalue weighted by Gasteiger charge is -2.08. The van der Waals surface area contributed by atoms with Gasteiger partial charge >= 0.3 is 0 Å². The molecule has 0 aliphatic carbocycles. The van der Waals surface area contributed by atoms with E-state index in [2.05, 4.69) is 5.10 Å². The molecule has 3 aromatic rings. The average Bonchev–Trinajstić information content (AvgIpc) is 2.77. The largest absolute Gasteiger partial charge is 0.260 e. The molecule has 0 unspecified atom stereocenters. The Bertz CT molecular complexity index is 684. The third-order valence-corrected chi connectivity index (χ3v) is 3.63. The Kier molecular flexibility index (Phi) is 2.98. The van der Waals surface area contributed by atoms with Gasteiger partial charge in [-0.25, -0.2) is 0 Å². The lowest BCUT2D eigenvalue weighted by molar-refractivity contribution is 0.712. The van der Waals surface area contributed by atoms with Crippen molar-refractivity contribution in [1.82, 2.24) is 9.78 Å². The van der Waals surface area contributed by atoms with E-state index in [9.17, 15) is 0 Å². The molecule has 2 aromatic carbocycles. The molecule has 90 valence electrons. The highest BCUT2D eigenvalue weighted by Crippen LogP contribution is 2.26. The number of nitrogens with zero attached hydrogens (tertiary/aromatic N) is 2. The van der Waals surface area contributed by atoms with E-state index in [-0.39, 0.29) is 0 Å². The summed E-state index contributed by atoms with van der Waals surface area (Å²) in [5.41, 5.74) is 1.98. The summed E-state index contributed by atoms with van der Waals surface area (Å²) in [5.74, 6) is 0. The Hall–Kier alpha value is -1.51. The van der Waals surface area contributed by atoms with Crippen molar-refractivity contribution in [1.29, 1.82) is 0 Å². The van der Waals surface area contributed by atoms with E-state index in [0.717, 1.165) is 16.5 Å². The number of hydrogen-bond donors (Lipinski definition) is 0. The number of benzene rings is 2. The average molecular weight is 277 g/mol.